The Bertz CT molecular complexity index is 301. The van der Waals surface area contributed by atoms with E-state index in [9.17, 15) is 19.1 Å². The van der Waals surface area contributed by atoms with Gasteiger partial charge in [-0.1, -0.05) is 6.08 Å². The van der Waals surface area contributed by atoms with Gasteiger partial charge in [-0.3, -0.25) is 4.79 Å². The lowest BCUT2D eigenvalue weighted by Gasteiger charge is -2.30. The Balaban J connectivity index is -0.000000313. The highest BCUT2D eigenvalue weighted by molar-refractivity contribution is 7.43. The molecule has 0 aromatic carbocycles. The number of methoxy groups -OCH3 is 1. The van der Waals surface area contributed by atoms with Gasteiger partial charge in [0.2, 0.25) is 5.91 Å². The van der Waals surface area contributed by atoms with Gasteiger partial charge in [-0.2, -0.15) is 0 Å². The molecule has 0 aromatic rings. The molecule has 0 bridgehead atoms. The summed E-state index contributed by atoms with van der Waals surface area (Å²) in [5, 5.41) is 8.91. The van der Waals surface area contributed by atoms with Gasteiger partial charge in [-0.25, -0.2) is 0 Å². The summed E-state index contributed by atoms with van der Waals surface area (Å²) < 4.78 is 18.5. The first kappa shape index (κ1) is 23.3. The Kier molecular flexibility index (Phi) is 15.0. The fourth-order valence-electron chi connectivity index (χ4n) is 0.733. The first-order chi connectivity index (χ1) is 8.14. The molecule has 19 heavy (non-hydrogen) atoms. The first-order valence-electron chi connectivity index (χ1n) is 4.93. The number of ether oxygens (including phenoxy) is 1. The third kappa shape index (κ3) is 19.7. The number of aliphatic hydroxyl groups is 1. The molecule has 0 heterocycles. The molecule has 0 fully saturated rings. The summed E-state index contributed by atoms with van der Waals surface area (Å²) >= 11 is 0. The van der Waals surface area contributed by atoms with Crippen LogP contribution in [0.1, 0.15) is 13.8 Å². The molecule has 0 saturated heterocycles. The molecule has 9 nitrogen and oxygen atoms in total. The van der Waals surface area contributed by atoms with Crippen LogP contribution in [0.25, 0.3) is 0 Å². The van der Waals surface area contributed by atoms with E-state index in [-0.39, 0.29) is 5.48 Å². The topological polar surface area (TPSA) is 176 Å². The molecule has 116 valence electrons. The van der Waals surface area contributed by atoms with Gasteiger partial charge in [0.1, 0.15) is 6.10 Å². The Morgan fingerprint density at radius 3 is 2.16 bits per heavy atom. The van der Waals surface area contributed by atoms with Gasteiger partial charge in [-0.15, -0.1) is 0 Å². The molecule has 0 saturated carbocycles. The molecule has 0 spiro atoms. The lowest BCUT2D eigenvalue weighted by Crippen LogP contribution is -2.31. The van der Waals surface area contributed by atoms with Crippen molar-refractivity contribution < 1.29 is 39.0 Å². The number of hydrogen-bond donors (Lipinski definition) is 2. The van der Waals surface area contributed by atoms with Gasteiger partial charge in [0.15, 0.2) is 0 Å². The quantitative estimate of drug-likeness (QED) is 0.400. The number of rotatable bonds is 6. The van der Waals surface area contributed by atoms with Crippen molar-refractivity contribution in [3.8, 4) is 0 Å². The minimum Gasteiger partial charge on any atom is -0.790 e. The summed E-state index contributed by atoms with van der Waals surface area (Å²) in [6.45, 7) is 2.68. The van der Waals surface area contributed by atoms with Gasteiger partial charge in [0.05, 0.1) is 20.5 Å². The maximum atomic E-state index is 9.99. The number of carbonyl (C=O) groups is 1. The van der Waals surface area contributed by atoms with Crippen molar-refractivity contribution in [2.75, 3.05) is 13.7 Å². The maximum absolute atomic E-state index is 9.99. The molecule has 5 N–H and O–H groups in total. The second-order valence-electron chi connectivity index (χ2n) is 3.16. The van der Waals surface area contributed by atoms with E-state index in [4.69, 9.17) is 5.11 Å². The fourth-order valence-corrected chi connectivity index (χ4v) is 1.06. The molecule has 1 amide bonds. The number of hydrogen-bond acceptors (Lipinski definition) is 7. The average molecular weight is 301 g/mol. The van der Waals surface area contributed by atoms with Gasteiger partial charge < -0.3 is 39.9 Å². The highest BCUT2D eigenvalue weighted by atomic mass is 31.2. The Hall–Kier alpha value is -0.800. The zero-order valence-corrected chi connectivity index (χ0v) is 11.8. The number of phosphoric ester groups is 1. The van der Waals surface area contributed by atoms with E-state index in [2.05, 4.69) is 15.0 Å². The summed E-state index contributed by atoms with van der Waals surface area (Å²) in [6, 6.07) is 0. The third-order valence-corrected chi connectivity index (χ3v) is 2.03. The molecule has 0 rings (SSSR count). The van der Waals surface area contributed by atoms with Crippen LogP contribution in [0.3, 0.4) is 0 Å². The number of nitrogens with two attached hydrogens (primary N) is 1. The van der Waals surface area contributed by atoms with E-state index in [0.717, 1.165) is 0 Å². The number of primary amides is 1. The molecule has 0 aromatic heterocycles. The van der Waals surface area contributed by atoms with Crippen molar-refractivity contribution >= 4 is 13.7 Å². The molecule has 2 atom stereocenters. The predicted octanol–water partition coefficient (Wildman–Crippen LogP) is -2.55. The van der Waals surface area contributed by atoms with Crippen molar-refractivity contribution in [3.63, 3.8) is 0 Å². The number of amides is 1. The lowest BCUT2D eigenvalue weighted by atomic mass is 10.2. The summed E-state index contributed by atoms with van der Waals surface area (Å²) in [4.78, 5) is 29.7. The van der Waals surface area contributed by atoms with Crippen molar-refractivity contribution in [2.24, 2.45) is 5.73 Å². The van der Waals surface area contributed by atoms with E-state index >= 15 is 0 Å². The zero-order chi connectivity index (χ0) is 14.8. The van der Waals surface area contributed by atoms with Crippen molar-refractivity contribution in [1.82, 2.24) is 0 Å². The van der Waals surface area contributed by atoms with Gasteiger partial charge in [0, 0.05) is 7.11 Å². The predicted molar refractivity (Wildman–Crippen MR) is 63.7 cm³/mol. The van der Waals surface area contributed by atoms with E-state index in [1.165, 1.54) is 20.1 Å². The fraction of sp³-hybridized carbons (Fsp3) is 0.667. The third-order valence-electron chi connectivity index (χ3n) is 1.57. The van der Waals surface area contributed by atoms with Crippen molar-refractivity contribution in [2.45, 2.75) is 26.1 Å². The summed E-state index contributed by atoms with van der Waals surface area (Å²) in [7, 11) is -3.68. The molecule has 0 aliphatic rings. The van der Waals surface area contributed by atoms with Crippen molar-refractivity contribution in [1.29, 1.82) is 0 Å². The maximum Gasteiger partial charge on any atom is 0.241 e. The summed E-state index contributed by atoms with van der Waals surface area (Å²) in [5.74, 6) is -0.391. The van der Waals surface area contributed by atoms with Crippen LogP contribution in [0.15, 0.2) is 12.2 Å². The summed E-state index contributed by atoms with van der Waals surface area (Å²) in [5.41, 5.74) is 4.68. The minimum absolute atomic E-state index is 0. The Labute approximate surface area is 111 Å². The van der Waals surface area contributed by atoms with Crippen LogP contribution in [0.5, 0.6) is 0 Å². The lowest BCUT2D eigenvalue weighted by molar-refractivity contribution is -0.343. The normalized spacial score (nSPS) is 14.0. The molecule has 2 unspecified atom stereocenters. The van der Waals surface area contributed by atoms with Gasteiger partial charge in [0.25, 0.3) is 0 Å². The molecule has 10 heteroatoms. The number of allylic oxidation sites excluding steroid dienone is 1. The summed E-state index contributed by atoms with van der Waals surface area (Å²) in [6.07, 6.45) is 1.21. The Morgan fingerprint density at radius 2 is 2.00 bits per heavy atom. The van der Waals surface area contributed by atoms with Crippen LogP contribution in [-0.2, 0) is 18.6 Å². The zero-order valence-electron chi connectivity index (χ0n) is 10.9. The van der Waals surface area contributed by atoms with Crippen LogP contribution in [0, 0.1) is 0 Å². The monoisotopic (exact) mass is 301 g/mol. The Morgan fingerprint density at radius 1 is 1.53 bits per heavy atom. The van der Waals surface area contributed by atoms with Crippen LogP contribution in [0.2, 0.25) is 0 Å². The first-order valence-corrected chi connectivity index (χ1v) is 6.39. The smallest absolute Gasteiger partial charge is 0.241 e. The van der Waals surface area contributed by atoms with Crippen LogP contribution < -0.4 is 15.5 Å². The second-order valence-corrected chi connectivity index (χ2v) is 4.31. The largest absolute Gasteiger partial charge is 0.790 e. The molecular weight excluding hydrogens is 281 g/mol. The highest BCUT2D eigenvalue weighted by Gasteiger charge is 2.14. The highest BCUT2D eigenvalue weighted by Crippen LogP contribution is 2.25. The van der Waals surface area contributed by atoms with Gasteiger partial charge >= 0.3 is 0 Å². The molecule has 0 aliphatic heterocycles. The SMILES string of the molecule is C/C=C\C(N)=O.COC(COP(=O)([O-])[O-])C(C)O.O. The minimum atomic E-state index is -4.96. The van der Waals surface area contributed by atoms with E-state index in [1.807, 2.05) is 0 Å². The number of phosphoric acid groups is 1. The molecule has 0 radical (unpaired) electrons. The van der Waals surface area contributed by atoms with Crippen LogP contribution in [0.4, 0.5) is 0 Å². The molecular formula is C9H20NO8P-2. The second kappa shape index (κ2) is 12.2. The van der Waals surface area contributed by atoms with E-state index < -0.39 is 32.5 Å². The number of carbonyl (C=O) groups excluding carboxylic acids is 1. The van der Waals surface area contributed by atoms with Gasteiger partial charge in [-0.05, 0) is 19.9 Å². The average Bonchev–Trinajstić information content (AvgIpc) is 2.16. The van der Waals surface area contributed by atoms with Crippen molar-refractivity contribution in [3.05, 3.63) is 12.2 Å². The van der Waals surface area contributed by atoms with Crippen LogP contribution >= 0.6 is 7.82 Å². The van der Waals surface area contributed by atoms with E-state index in [1.54, 1.807) is 13.0 Å². The van der Waals surface area contributed by atoms with E-state index in [0.29, 0.717) is 0 Å². The standard InChI is InChI=1S/C5H13O6P.C4H7NO.H2O/c1-4(6)5(10-2)3-11-12(7,8)9;1-2-3-4(5)6;/h4-6H,3H2,1-2H3,(H2,7,8,9);2-3H,1H3,(H2,5,6);1H2/p-2/b;3-2-;. The van der Waals surface area contributed by atoms with Crippen LogP contribution in [-0.4, -0.2) is 42.4 Å². The molecule has 0 aliphatic carbocycles. The number of aliphatic hydroxyl groups excluding tert-OH is 1.